The van der Waals surface area contributed by atoms with Crippen molar-refractivity contribution in [2.45, 2.75) is 39.0 Å². The molecule has 0 saturated carbocycles. The normalized spacial score (nSPS) is 16.5. The molecule has 5 rings (SSSR count). The van der Waals surface area contributed by atoms with Crippen LogP contribution in [0.2, 0.25) is 0 Å². The second kappa shape index (κ2) is 4.55. The molecule has 0 unspecified atom stereocenters. The molecule has 4 aromatic carbocycles. The molecule has 1 aliphatic rings. The predicted molar refractivity (Wildman–Crippen MR) is 109 cm³/mol. The highest BCUT2D eigenvalue weighted by atomic mass is 79.9. The van der Waals surface area contributed by atoms with Crippen LogP contribution in [0, 0.1) is 6.92 Å². The summed E-state index contributed by atoms with van der Waals surface area (Å²) in [6.45, 7) is 6.94. The summed E-state index contributed by atoms with van der Waals surface area (Å²) in [6.07, 6.45) is 2.28. The number of hydrogen-bond donors (Lipinski definition) is 0. The lowest BCUT2D eigenvalue weighted by Crippen LogP contribution is -2.24. The van der Waals surface area contributed by atoms with Crippen molar-refractivity contribution >= 4 is 61.6 Å². The van der Waals surface area contributed by atoms with E-state index >= 15 is 0 Å². The molecule has 0 nitrogen and oxygen atoms in total. The Balaban J connectivity index is 2.20. The van der Waals surface area contributed by atoms with Gasteiger partial charge < -0.3 is 0 Å². The molecule has 116 valence electrons. The minimum atomic E-state index is 0.195. The van der Waals surface area contributed by atoms with Gasteiger partial charge in [0, 0.05) is 4.47 Å². The molecular formula is C22H18BBr. The van der Waals surface area contributed by atoms with Crippen molar-refractivity contribution in [1.82, 2.24) is 0 Å². The van der Waals surface area contributed by atoms with Crippen molar-refractivity contribution in [3.8, 4) is 0 Å². The third-order valence-electron chi connectivity index (χ3n) is 6.02. The molecule has 0 amide bonds. The average Bonchev–Trinajstić information content (AvgIpc) is 2.53. The van der Waals surface area contributed by atoms with Gasteiger partial charge in [0.05, 0.1) is 0 Å². The summed E-state index contributed by atoms with van der Waals surface area (Å²) >= 11 is 3.82. The lowest BCUT2D eigenvalue weighted by molar-refractivity contribution is 0.475. The number of hydrogen-bond acceptors (Lipinski definition) is 0. The van der Waals surface area contributed by atoms with Crippen LogP contribution in [0.5, 0.6) is 0 Å². The van der Waals surface area contributed by atoms with Gasteiger partial charge in [0.1, 0.15) is 7.85 Å². The van der Waals surface area contributed by atoms with Crippen LogP contribution >= 0.6 is 15.9 Å². The minimum Gasteiger partial charge on any atom is -0.0886 e. The number of rotatable bonds is 0. The van der Waals surface area contributed by atoms with Crippen LogP contribution in [0.1, 0.15) is 37.0 Å². The van der Waals surface area contributed by atoms with Crippen LogP contribution in [0.15, 0.2) is 34.8 Å². The third-order valence-corrected chi connectivity index (χ3v) is 6.67. The maximum absolute atomic E-state index is 6.45. The van der Waals surface area contributed by atoms with E-state index in [4.69, 9.17) is 7.85 Å². The van der Waals surface area contributed by atoms with E-state index in [0.717, 1.165) is 11.9 Å². The molecule has 0 bridgehead atoms. The van der Waals surface area contributed by atoms with Gasteiger partial charge in [0.2, 0.25) is 0 Å². The van der Waals surface area contributed by atoms with Crippen LogP contribution in [0.4, 0.5) is 0 Å². The summed E-state index contributed by atoms with van der Waals surface area (Å²) in [5.41, 5.74) is 5.31. The van der Waals surface area contributed by atoms with Crippen molar-refractivity contribution in [2.75, 3.05) is 0 Å². The summed E-state index contributed by atoms with van der Waals surface area (Å²) in [5.74, 6) is 0. The molecule has 0 fully saturated rings. The lowest BCUT2D eigenvalue weighted by atomic mass is 9.69. The smallest absolute Gasteiger partial charge is 0.0886 e. The molecule has 24 heavy (non-hydrogen) atoms. The van der Waals surface area contributed by atoms with Crippen molar-refractivity contribution < 1.29 is 0 Å². The Kier molecular flexibility index (Phi) is 2.80. The highest BCUT2D eigenvalue weighted by Crippen LogP contribution is 2.47. The fourth-order valence-corrected chi connectivity index (χ4v) is 5.31. The summed E-state index contributed by atoms with van der Waals surface area (Å²) in [6, 6.07) is 11.3. The van der Waals surface area contributed by atoms with Gasteiger partial charge in [0.15, 0.2) is 0 Å². The van der Waals surface area contributed by atoms with Gasteiger partial charge in [-0.25, -0.2) is 0 Å². The Hall–Kier alpha value is -1.54. The van der Waals surface area contributed by atoms with E-state index in [1.54, 1.807) is 0 Å². The molecular weight excluding hydrogens is 355 g/mol. The van der Waals surface area contributed by atoms with E-state index in [9.17, 15) is 0 Å². The summed E-state index contributed by atoms with van der Waals surface area (Å²) in [4.78, 5) is 0. The number of benzene rings is 4. The van der Waals surface area contributed by atoms with E-state index in [0.29, 0.717) is 0 Å². The van der Waals surface area contributed by atoms with Crippen LogP contribution in [-0.4, -0.2) is 7.85 Å². The van der Waals surface area contributed by atoms with Crippen molar-refractivity contribution in [2.24, 2.45) is 0 Å². The molecule has 0 aliphatic heterocycles. The van der Waals surface area contributed by atoms with E-state index in [1.807, 2.05) is 0 Å². The second-order valence-corrected chi connectivity index (χ2v) is 8.80. The molecule has 2 heteroatoms. The van der Waals surface area contributed by atoms with Gasteiger partial charge in [-0.05, 0) is 86.3 Å². The zero-order chi connectivity index (χ0) is 16.8. The van der Waals surface area contributed by atoms with Gasteiger partial charge >= 0.3 is 0 Å². The van der Waals surface area contributed by atoms with Gasteiger partial charge in [-0.3, -0.25) is 0 Å². The number of halogens is 1. The van der Waals surface area contributed by atoms with Crippen LogP contribution < -0.4 is 5.46 Å². The Morgan fingerprint density at radius 2 is 1.71 bits per heavy atom. The van der Waals surface area contributed by atoms with Crippen molar-refractivity contribution in [1.29, 1.82) is 0 Å². The Morgan fingerprint density at radius 1 is 0.958 bits per heavy atom. The second-order valence-electron chi connectivity index (χ2n) is 7.94. The highest BCUT2D eigenvalue weighted by Gasteiger charge is 2.30. The number of aryl methyl sites for hydroxylation is 2. The van der Waals surface area contributed by atoms with Crippen LogP contribution in [0.3, 0.4) is 0 Å². The van der Waals surface area contributed by atoms with E-state index in [-0.39, 0.29) is 5.41 Å². The average molecular weight is 373 g/mol. The Labute approximate surface area is 152 Å². The lowest BCUT2D eigenvalue weighted by Gasteiger charge is -2.34. The largest absolute Gasteiger partial charge is 0.114 e. The first kappa shape index (κ1) is 14.8. The van der Waals surface area contributed by atoms with Crippen molar-refractivity contribution in [3.63, 3.8) is 0 Å². The summed E-state index contributed by atoms with van der Waals surface area (Å²) < 4.78 is 1.18. The molecule has 0 aromatic heterocycles. The summed E-state index contributed by atoms with van der Waals surface area (Å²) in [7, 11) is 6.45. The van der Waals surface area contributed by atoms with Crippen LogP contribution in [0.25, 0.3) is 32.3 Å². The molecule has 1 aliphatic carbocycles. The molecule has 0 heterocycles. The highest BCUT2D eigenvalue weighted by molar-refractivity contribution is 9.10. The van der Waals surface area contributed by atoms with Crippen molar-refractivity contribution in [3.05, 3.63) is 51.5 Å². The topological polar surface area (TPSA) is 0 Å². The van der Waals surface area contributed by atoms with Gasteiger partial charge in [0.25, 0.3) is 0 Å². The first-order valence-electron chi connectivity index (χ1n) is 8.58. The maximum Gasteiger partial charge on any atom is 0.114 e. The van der Waals surface area contributed by atoms with Gasteiger partial charge in [-0.2, -0.15) is 0 Å². The maximum atomic E-state index is 6.45. The molecule has 4 aromatic rings. The van der Waals surface area contributed by atoms with Crippen LogP contribution in [-0.2, 0) is 11.8 Å². The van der Waals surface area contributed by atoms with Gasteiger partial charge in [-0.15, -0.1) is 0 Å². The SMILES string of the molecule is [B]c1cc2c3c(cc4c(Br)cc(C)c5ccc1c3c54)C(C)(C)CC2. The monoisotopic (exact) mass is 372 g/mol. The molecule has 0 saturated heterocycles. The standard InChI is InChI=1S/C22H18BBr/c1-11-8-18(24)15-10-16-19-12(6-7-22(16,2)3)9-17(23)14-5-4-13(11)20(15)21(14)19/h4-5,8-10H,6-7H2,1-3H3. The fraction of sp³-hybridized carbons (Fsp3) is 0.273. The van der Waals surface area contributed by atoms with E-state index < -0.39 is 0 Å². The fourth-order valence-electron chi connectivity index (χ4n) is 4.65. The molecule has 0 N–H and O–H groups in total. The first-order valence-corrected chi connectivity index (χ1v) is 9.37. The summed E-state index contributed by atoms with van der Waals surface area (Å²) in [5, 5.41) is 8.04. The zero-order valence-electron chi connectivity index (χ0n) is 14.3. The van der Waals surface area contributed by atoms with E-state index in [1.165, 1.54) is 59.9 Å². The molecule has 2 radical (unpaired) electrons. The van der Waals surface area contributed by atoms with E-state index in [2.05, 4.69) is 67.0 Å². The minimum absolute atomic E-state index is 0.195. The van der Waals surface area contributed by atoms with Gasteiger partial charge in [-0.1, -0.05) is 53.4 Å². The first-order chi connectivity index (χ1) is 11.4. The quantitative estimate of drug-likeness (QED) is 0.275. The molecule has 0 atom stereocenters. The predicted octanol–water partition coefficient (Wildman–Crippen LogP) is 5.67. The zero-order valence-corrected chi connectivity index (χ0v) is 15.8. The third kappa shape index (κ3) is 1.70. The Morgan fingerprint density at radius 3 is 2.50 bits per heavy atom. The Bertz CT molecular complexity index is 1150. The molecule has 0 spiro atoms.